The van der Waals surface area contributed by atoms with E-state index in [9.17, 15) is 4.39 Å². The van der Waals surface area contributed by atoms with Gasteiger partial charge in [0.05, 0.1) is 0 Å². The van der Waals surface area contributed by atoms with Gasteiger partial charge in [-0.15, -0.1) is 0 Å². The lowest BCUT2D eigenvalue weighted by Crippen LogP contribution is -2.41. The molecule has 0 aromatic heterocycles. The molecule has 0 amide bonds. The van der Waals surface area contributed by atoms with Gasteiger partial charge < -0.3 is 5.73 Å². The lowest BCUT2D eigenvalue weighted by atomic mass is 9.70. The Morgan fingerprint density at radius 3 is 2.07 bits per heavy atom. The zero-order chi connectivity index (χ0) is 10.0. The van der Waals surface area contributed by atoms with Gasteiger partial charge in [-0.1, -0.05) is 19.3 Å². The van der Waals surface area contributed by atoms with Gasteiger partial charge >= 0.3 is 0 Å². The molecular formula is C12H22FN. The van der Waals surface area contributed by atoms with E-state index < -0.39 is 5.67 Å². The van der Waals surface area contributed by atoms with E-state index in [0.29, 0.717) is 5.92 Å². The average molecular weight is 199 g/mol. The quantitative estimate of drug-likeness (QED) is 0.689. The average Bonchev–Trinajstić information content (AvgIpc) is 2.24. The maximum atomic E-state index is 14.6. The molecule has 0 radical (unpaired) electrons. The Bertz CT molecular complexity index is 179. The molecule has 0 aromatic carbocycles. The van der Waals surface area contributed by atoms with Crippen molar-refractivity contribution in [2.45, 2.75) is 69.5 Å². The topological polar surface area (TPSA) is 26.0 Å². The minimum absolute atomic E-state index is 0.266. The first-order valence-corrected chi connectivity index (χ1v) is 6.15. The monoisotopic (exact) mass is 199 g/mol. The third-order valence-corrected chi connectivity index (χ3v) is 4.20. The first kappa shape index (κ1) is 10.4. The lowest BCUT2D eigenvalue weighted by molar-refractivity contribution is 0.0150. The molecule has 0 unspecified atom stereocenters. The summed E-state index contributed by atoms with van der Waals surface area (Å²) in [6, 6.07) is 0.266. The van der Waals surface area contributed by atoms with Crippen molar-refractivity contribution in [3.05, 3.63) is 0 Å². The first-order chi connectivity index (χ1) is 6.71. The molecule has 0 atom stereocenters. The molecule has 0 heterocycles. The summed E-state index contributed by atoms with van der Waals surface area (Å²) < 4.78 is 14.6. The minimum Gasteiger partial charge on any atom is -0.328 e. The van der Waals surface area contributed by atoms with Crippen LogP contribution in [0.3, 0.4) is 0 Å². The van der Waals surface area contributed by atoms with Gasteiger partial charge in [-0.2, -0.15) is 0 Å². The Morgan fingerprint density at radius 2 is 1.50 bits per heavy atom. The van der Waals surface area contributed by atoms with Crippen molar-refractivity contribution in [1.29, 1.82) is 0 Å². The zero-order valence-electron chi connectivity index (χ0n) is 8.97. The van der Waals surface area contributed by atoms with Crippen LogP contribution in [0, 0.1) is 5.92 Å². The largest absolute Gasteiger partial charge is 0.328 e. The number of nitrogens with two attached hydrogens (primary N) is 1. The maximum Gasteiger partial charge on any atom is 0.114 e. The highest BCUT2D eigenvalue weighted by molar-refractivity contribution is 4.93. The van der Waals surface area contributed by atoms with E-state index in [1.807, 2.05) is 0 Å². The van der Waals surface area contributed by atoms with Crippen LogP contribution in [0.5, 0.6) is 0 Å². The molecule has 0 aliphatic heterocycles. The SMILES string of the molecule is NC1CCC(F)(C2CCCCC2)CC1. The highest BCUT2D eigenvalue weighted by Crippen LogP contribution is 2.43. The van der Waals surface area contributed by atoms with Crippen molar-refractivity contribution in [2.24, 2.45) is 11.7 Å². The van der Waals surface area contributed by atoms with Crippen LogP contribution in [-0.4, -0.2) is 11.7 Å². The molecule has 0 spiro atoms. The molecule has 2 rings (SSSR count). The summed E-state index contributed by atoms with van der Waals surface area (Å²) in [7, 11) is 0. The maximum absolute atomic E-state index is 14.6. The van der Waals surface area contributed by atoms with Crippen LogP contribution < -0.4 is 5.73 Å². The third-order valence-electron chi connectivity index (χ3n) is 4.20. The summed E-state index contributed by atoms with van der Waals surface area (Å²) in [6.45, 7) is 0. The molecule has 2 aliphatic rings. The Kier molecular flexibility index (Phi) is 3.10. The van der Waals surface area contributed by atoms with Gasteiger partial charge in [0.2, 0.25) is 0 Å². The molecule has 14 heavy (non-hydrogen) atoms. The van der Waals surface area contributed by atoms with Crippen molar-refractivity contribution in [2.75, 3.05) is 0 Å². The Balaban J connectivity index is 1.93. The van der Waals surface area contributed by atoms with Crippen LogP contribution in [0.4, 0.5) is 4.39 Å². The molecule has 0 aromatic rings. The minimum atomic E-state index is -0.851. The highest BCUT2D eigenvalue weighted by Gasteiger charge is 2.41. The fraction of sp³-hybridized carbons (Fsp3) is 1.00. The third kappa shape index (κ3) is 2.10. The smallest absolute Gasteiger partial charge is 0.114 e. The lowest BCUT2D eigenvalue weighted by Gasteiger charge is -2.40. The van der Waals surface area contributed by atoms with E-state index in [2.05, 4.69) is 0 Å². The number of hydrogen-bond acceptors (Lipinski definition) is 1. The number of halogens is 1. The van der Waals surface area contributed by atoms with E-state index in [0.717, 1.165) is 38.5 Å². The Morgan fingerprint density at radius 1 is 0.929 bits per heavy atom. The van der Waals surface area contributed by atoms with Crippen molar-refractivity contribution in [3.8, 4) is 0 Å². The number of rotatable bonds is 1. The summed E-state index contributed by atoms with van der Waals surface area (Å²) in [5.41, 5.74) is 4.97. The molecular weight excluding hydrogens is 177 g/mol. The van der Waals surface area contributed by atoms with Crippen molar-refractivity contribution in [3.63, 3.8) is 0 Å². The molecule has 2 saturated carbocycles. The summed E-state index contributed by atoms with van der Waals surface area (Å²) >= 11 is 0. The van der Waals surface area contributed by atoms with Gasteiger partial charge in [0.1, 0.15) is 5.67 Å². The standard InChI is InChI=1S/C12H22FN/c13-12(8-6-11(14)7-9-12)10-4-2-1-3-5-10/h10-11H,1-9,14H2. The van der Waals surface area contributed by atoms with Gasteiger partial charge in [0.15, 0.2) is 0 Å². The van der Waals surface area contributed by atoms with Crippen LogP contribution in [0.25, 0.3) is 0 Å². The van der Waals surface area contributed by atoms with E-state index in [4.69, 9.17) is 5.73 Å². The van der Waals surface area contributed by atoms with Crippen LogP contribution in [0.2, 0.25) is 0 Å². The van der Waals surface area contributed by atoms with Crippen molar-refractivity contribution < 1.29 is 4.39 Å². The molecule has 0 saturated heterocycles. The van der Waals surface area contributed by atoms with Crippen LogP contribution >= 0.6 is 0 Å². The highest BCUT2D eigenvalue weighted by atomic mass is 19.1. The van der Waals surface area contributed by atoms with Gasteiger partial charge in [-0.3, -0.25) is 0 Å². The second-order valence-electron chi connectivity index (χ2n) is 5.21. The van der Waals surface area contributed by atoms with E-state index in [1.54, 1.807) is 0 Å². The molecule has 2 N–H and O–H groups in total. The number of hydrogen-bond donors (Lipinski definition) is 1. The van der Waals surface area contributed by atoms with Crippen LogP contribution in [0.1, 0.15) is 57.8 Å². The fourth-order valence-electron chi connectivity index (χ4n) is 3.15. The first-order valence-electron chi connectivity index (χ1n) is 6.15. The van der Waals surface area contributed by atoms with Gasteiger partial charge in [-0.25, -0.2) is 4.39 Å². The van der Waals surface area contributed by atoms with Gasteiger partial charge in [0.25, 0.3) is 0 Å². The Hall–Kier alpha value is -0.110. The molecule has 82 valence electrons. The van der Waals surface area contributed by atoms with E-state index in [-0.39, 0.29) is 6.04 Å². The normalized spacial score (nSPS) is 41.1. The van der Waals surface area contributed by atoms with Crippen molar-refractivity contribution >= 4 is 0 Å². The summed E-state index contributed by atoms with van der Waals surface area (Å²) in [5, 5.41) is 0. The predicted octanol–water partition coefficient (Wildman–Crippen LogP) is 3.18. The summed E-state index contributed by atoms with van der Waals surface area (Å²) in [5.74, 6) is 0.351. The van der Waals surface area contributed by atoms with Crippen LogP contribution in [0.15, 0.2) is 0 Å². The zero-order valence-corrected chi connectivity index (χ0v) is 8.97. The number of alkyl halides is 1. The van der Waals surface area contributed by atoms with E-state index >= 15 is 0 Å². The predicted molar refractivity (Wildman–Crippen MR) is 56.9 cm³/mol. The van der Waals surface area contributed by atoms with Crippen LogP contribution in [-0.2, 0) is 0 Å². The second kappa shape index (κ2) is 4.18. The van der Waals surface area contributed by atoms with E-state index in [1.165, 1.54) is 19.3 Å². The fourth-order valence-corrected chi connectivity index (χ4v) is 3.15. The second-order valence-corrected chi connectivity index (χ2v) is 5.21. The molecule has 2 fully saturated rings. The molecule has 2 heteroatoms. The summed E-state index contributed by atoms with van der Waals surface area (Å²) in [4.78, 5) is 0. The summed E-state index contributed by atoms with van der Waals surface area (Å²) in [6.07, 6.45) is 9.26. The Labute approximate surface area is 86.2 Å². The van der Waals surface area contributed by atoms with Gasteiger partial charge in [-0.05, 0) is 44.4 Å². The molecule has 0 bridgehead atoms. The van der Waals surface area contributed by atoms with Crippen molar-refractivity contribution in [1.82, 2.24) is 0 Å². The van der Waals surface area contributed by atoms with Gasteiger partial charge in [0, 0.05) is 6.04 Å². The molecule has 1 nitrogen and oxygen atoms in total. The molecule has 2 aliphatic carbocycles.